The molecule has 2 atom stereocenters. The van der Waals surface area contributed by atoms with E-state index in [-0.39, 0.29) is 5.56 Å². The standard InChI is InChI=1S/C20H16F3NO2/c1-25-11-3-4-12-10(6-11)2-5-19-13(12)8-18(24)20(26-19)14-7-16(22)17(23)9-15(14)21/h2-7,9,18,20H,8,24H2,1H3/t18-,20?/m0/s1. The van der Waals surface area contributed by atoms with Crippen molar-refractivity contribution in [2.45, 2.75) is 18.6 Å². The van der Waals surface area contributed by atoms with Crippen LogP contribution in [-0.4, -0.2) is 13.2 Å². The van der Waals surface area contributed by atoms with Crippen molar-refractivity contribution >= 4 is 10.8 Å². The van der Waals surface area contributed by atoms with Crippen molar-refractivity contribution in [1.82, 2.24) is 0 Å². The van der Waals surface area contributed by atoms with Gasteiger partial charge in [0.15, 0.2) is 11.6 Å². The molecule has 4 rings (SSSR count). The second kappa shape index (κ2) is 6.21. The van der Waals surface area contributed by atoms with Crippen molar-refractivity contribution in [3.05, 3.63) is 71.0 Å². The summed E-state index contributed by atoms with van der Waals surface area (Å²) in [7, 11) is 1.60. The van der Waals surface area contributed by atoms with E-state index in [4.69, 9.17) is 15.2 Å². The maximum Gasteiger partial charge on any atom is 0.161 e. The van der Waals surface area contributed by atoms with Crippen LogP contribution < -0.4 is 15.2 Å². The number of rotatable bonds is 2. The van der Waals surface area contributed by atoms with Crippen LogP contribution in [-0.2, 0) is 6.42 Å². The monoisotopic (exact) mass is 359 g/mol. The number of nitrogens with two attached hydrogens (primary N) is 1. The van der Waals surface area contributed by atoms with Gasteiger partial charge in [-0.25, -0.2) is 13.2 Å². The number of ether oxygens (including phenoxy) is 2. The molecule has 0 fully saturated rings. The minimum atomic E-state index is -1.24. The van der Waals surface area contributed by atoms with Crippen molar-refractivity contribution in [3.8, 4) is 11.5 Å². The number of fused-ring (bicyclic) bond motifs is 3. The summed E-state index contributed by atoms with van der Waals surface area (Å²) < 4.78 is 52.0. The molecule has 1 aliphatic rings. The first-order chi connectivity index (χ1) is 12.5. The van der Waals surface area contributed by atoms with Crippen molar-refractivity contribution < 1.29 is 22.6 Å². The zero-order valence-electron chi connectivity index (χ0n) is 13.9. The highest BCUT2D eigenvalue weighted by atomic mass is 19.2. The molecule has 0 aromatic heterocycles. The van der Waals surface area contributed by atoms with Crippen LogP contribution in [0, 0.1) is 17.5 Å². The maximum atomic E-state index is 14.1. The molecule has 1 aliphatic heterocycles. The first-order valence-corrected chi connectivity index (χ1v) is 8.14. The fourth-order valence-electron chi connectivity index (χ4n) is 3.42. The average Bonchev–Trinajstić information content (AvgIpc) is 2.64. The molecule has 134 valence electrons. The Morgan fingerprint density at radius 1 is 1.00 bits per heavy atom. The molecule has 0 bridgehead atoms. The van der Waals surface area contributed by atoms with Crippen LogP contribution in [0.4, 0.5) is 13.2 Å². The van der Waals surface area contributed by atoms with Gasteiger partial charge in [-0.2, -0.15) is 0 Å². The van der Waals surface area contributed by atoms with E-state index in [1.807, 2.05) is 24.3 Å². The van der Waals surface area contributed by atoms with Crippen LogP contribution >= 0.6 is 0 Å². The van der Waals surface area contributed by atoms with Crippen LogP contribution in [0.15, 0.2) is 42.5 Å². The number of benzene rings is 3. The van der Waals surface area contributed by atoms with Crippen molar-refractivity contribution in [3.63, 3.8) is 0 Å². The lowest BCUT2D eigenvalue weighted by molar-refractivity contribution is 0.149. The summed E-state index contributed by atoms with van der Waals surface area (Å²) in [5.74, 6) is -1.96. The highest BCUT2D eigenvalue weighted by Crippen LogP contribution is 2.40. The van der Waals surface area contributed by atoms with Gasteiger partial charge >= 0.3 is 0 Å². The van der Waals surface area contributed by atoms with Crippen molar-refractivity contribution in [2.24, 2.45) is 5.73 Å². The zero-order chi connectivity index (χ0) is 18.4. The second-order valence-corrected chi connectivity index (χ2v) is 6.32. The molecule has 0 radical (unpaired) electrons. The SMILES string of the molecule is COc1ccc2c3c(ccc2c1)OC(c1cc(F)c(F)cc1F)[C@@H](N)C3. The third kappa shape index (κ3) is 2.66. The van der Waals surface area contributed by atoms with Crippen molar-refractivity contribution in [1.29, 1.82) is 0 Å². The Morgan fingerprint density at radius 3 is 2.54 bits per heavy atom. The first-order valence-electron chi connectivity index (χ1n) is 8.14. The van der Waals surface area contributed by atoms with E-state index in [9.17, 15) is 13.2 Å². The Balaban J connectivity index is 1.77. The van der Waals surface area contributed by atoms with E-state index in [0.717, 1.165) is 28.2 Å². The van der Waals surface area contributed by atoms with Gasteiger partial charge in [0.25, 0.3) is 0 Å². The number of hydrogen-bond donors (Lipinski definition) is 1. The Bertz CT molecular complexity index is 1010. The highest BCUT2D eigenvalue weighted by Gasteiger charge is 2.32. The summed E-state index contributed by atoms with van der Waals surface area (Å²) in [6, 6.07) is 10.0. The predicted molar refractivity (Wildman–Crippen MR) is 91.9 cm³/mol. The molecule has 0 spiro atoms. The van der Waals surface area contributed by atoms with E-state index >= 15 is 0 Å². The van der Waals surface area contributed by atoms with Crippen LogP contribution in [0.1, 0.15) is 17.2 Å². The van der Waals surface area contributed by atoms with Gasteiger partial charge in [-0.1, -0.05) is 12.1 Å². The van der Waals surface area contributed by atoms with Crippen LogP contribution in [0.5, 0.6) is 11.5 Å². The van der Waals surface area contributed by atoms with Gasteiger partial charge in [0, 0.05) is 17.2 Å². The zero-order valence-corrected chi connectivity index (χ0v) is 13.9. The molecule has 0 amide bonds. The molecule has 3 nitrogen and oxygen atoms in total. The quantitative estimate of drug-likeness (QED) is 0.695. The van der Waals surface area contributed by atoms with Gasteiger partial charge in [-0.05, 0) is 41.5 Å². The predicted octanol–water partition coefficient (Wildman–Crippen LogP) is 4.27. The number of methoxy groups -OCH3 is 1. The lowest BCUT2D eigenvalue weighted by atomic mass is 9.90. The third-order valence-corrected chi connectivity index (χ3v) is 4.72. The lowest BCUT2D eigenvalue weighted by Crippen LogP contribution is -2.38. The summed E-state index contributed by atoms with van der Waals surface area (Å²) in [4.78, 5) is 0. The van der Waals surface area contributed by atoms with E-state index in [1.165, 1.54) is 0 Å². The number of hydrogen-bond acceptors (Lipinski definition) is 3. The van der Waals surface area contributed by atoms with Gasteiger partial charge in [0.05, 0.1) is 13.2 Å². The molecule has 1 unspecified atom stereocenters. The molecule has 0 aliphatic carbocycles. The Hall–Kier alpha value is -2.73. The second-order valence-electron chi connectivity index (χ2n) is 6.32. The highest BCUT2D eigenvalue weighted by molar-refractivity contribution is 5.89. The van der Waals surface area contributed by atoms with E-state index in [1.54, 1.807) is 13.2 Å². The minimum absolute atomic E-state index is 0.0862. The fourth-order valence-corrected chi connectivity index (χ4v) is 3.42. The Kier molecular flexibility index (Phi) is 4.00. The van der Waals surface area contributed by atoms with Crippen LogP contribution in [0.3, 0.4) is 0 Å². The molecule has 26 heavy (non-hydrogen) atoms. The molecule has 3 aromatic carbocycles. The molecular formula is C20H16F3NO2. The molecule has 2 N–H and O–H groups in total. The first kappa shape index (κ1) is 16.7. The molecule has 6 heteroatoms. The van der Waals surface area contributed by atoms with E-state index in [2.05, 4.69) is 0 Å². The van der Waals surface area contributed by atoms with Gasteiger partial charge < -0.3 is 15.2 Å². The van der Waals surface area contributed by atoms with Gasteiger partial charge in [-0.3, -0.25) is 0 Å². The van der Waals surface area contributed by atoms with E-state index in [0.29, 0.717) is 18.2 Å². The Morgan fingerprint density at radius 2 is 1.77 bits per heavy atom. The van der Waals surface area contributed by atoms with E-state index < -0.39 is 29.6 Å². The number of halogens is 3. The van der Waals surface area contributed by atoms with Gasteiger partial charge in [0.2, 0.25) is 0 Å². The summed E-state index contributed by atoms with van der Waals surface area (Å²) >= 11 is 0. The lowest BCUT2D eigenvalue weighted by Gasteiger charge is -2.32. The minimum Gasteiger partial charge on any atom is -0.497 e. The van der Waals surface area contributed by atoms with Gasteiger partial charge in [0.1, 0.15) is 23.4 Å². The normalized spacial score (nSPS) is 19.1. The smallest absolute Gasteiger partial charge is 0.161 e. The molecule has 1 heterocycles. The summed E-state index contributed by atoms with van der Waals surface area (Å²) in [6.07, 6.45) is -0.476. The summed E-state index contributed by atoms with van der Waals surface area (Å²) in [6.45, 7) is 0. The maximum absolute atomic E-state index is 14.1. The molecule has 0 saturated heterocycles. The Labute approximate surface area is 148 Å². The average molecular weight is 359 g/mol. The summed E-state index contributed by atoms with van der Waals surface area (Å²) in [5.41, 5.74) is 7.01. The van der Waals surface area contributed by atoms with Crippen LogP contribution in [0.25, 0.3) is 10.8 Å². The van der Waals surface area contributed by atoms with Gasteiger partial charge in [-0.15, -0.1) is 0 Å². The summed E-state index contributed by atoms with van der Waals surface area (Å²) in [5, 5.41) is 1.93. The van der Waals surface area contributed by atoms with Crippen molar-refractivity contribution in [2.75, 3.05) is 7.11 Å². The topological polar surface area (TPSA) is 44.5 Å². The largest absolute Gasteiger partial charge is 0.497 e. The molecule has 3 aromatic rings. The molecule has 0 saturated carbocycles. The fraction of sp³-hybridized carbons (Fsp3) is 0.200. The molecular weight excluding hydrogens is 343 g/mol. The van der Waals surface area contributed by atoms with Crippen LogP contribution in [0.2, 0.25) is 0 Å². The third-order valence-electron chi connectivity index (χ3n) is 4.72.